The van der Waals surface area contributed by atoms with Crippen molar-refractivity contribution in [2.75, 3.05) is 20.3 Å². The molecule has 7 heteroatoms. The van der Waals surface area contributed by atoms with Gasteiger partial charge in [0, 0.05) is 11.6 Å². The Kier molecular flexibility index (Phi) is 7.44. The van der Waals surface area contributed by atoms with Gasteiger partial charge in [-0.15, -0.1) is 0 Å². The second-order valence-corrected chi connectivity index (χ2v) is 6.51. The van der Waals surface area contributed by atoms with E-state index in [1.54, 1.807) is 24.3 Å². The van der Waals surface area contributed by atoms with Crippen LogP contribution < -0.4 is 15.4 Å². The third-order valence-corrected chi connectivity index (χ3v) is 4.57. The fourth-order valence-electron chi connectivity index (χ4n) is 2.97. The number of carbonyl (C=O) groups is 3. The van der Waals surface area contributed by atoms with E-state index in [1.165, 1.54) is 13.5 Å². The minimum atomic E-state index is -0.654. The van der Waals surface area contributed by atoms with Crippen molar-refractivity contribution in [1.82, 2.24) is 10.6 Å². The van der Waals surface area contributed by atoms with Gasteiger partial charge < -0.3 is 20.1 Å². The fraction of sp³-hybridized carbons (Fsp3) is 0.526. The zero-order valence-corrected chi connectivity index (χ0v) is 15.2. The Labute approximate surface area is 153 Å². The van der Waals surface area contributed by atoms with Gasteiger partial charge in [-0.25, -0.2) is 0 Å². The van der Waals surface area contributed by atoms with E-state index < -0.39 is 11.9 Å². The molecule has 2 N–H and O–H groups in total. The van der Waals surface area contributed by atoms with Crippen molar-refractivity contribution in [3.63, 3.8) is 0 Å². The summed E-state index contributed by atoms with van der Waals surface area (Å²) in [5.41, 5.74) is 0.405. The number of amides is 2. The highest BCUT2D eigenvalue weighted by molar-refractivity contribution is 5.96. The minimum absolute atomic E-state index is 0.143. The van der Waals surface area contributed by atoms with Gasteiger partial charge in [-0.2, -0.15) is 0 Å². The molecular formula is C19H26N2O5. The zero-order chi connectivity index (χ0) is 18.9. The Hall–Kier alpha value is -2.57. The molecule has 0 aliphatic heterocycles. The van der Waals surface area contributed by atoms with E-state index in [4.69, 9.17) is 9.47 Å². The summed E-state index contributed by atoms with van der Waals surface area (Å²) in [4.78, 5) is 35.5. The summed E-state index contributed by atoms with van der Waals surface area (Å²) in [6, 6.07) is 6.65. The maximum atomic E-state index is 11.9. The summed E-state index contributed by atoms with van der Waals surface area (Å²) in [7, 11) is 1.54. The normalized spacial score (nSPS) is 19.3. The molecule has 0 unspecified atom stereocenters. The first-order valence-electron chi connectivity index (χ1n) is 8.87. The monoisotopic (exact) mass is 362 g/mol. The molecule has 0 bridgehead atoms. The second-order valence-electron chi connectivity index (χ2n) is 6.51. The Bertz CT molecular complexity index is 629. The van der Waals surface area contributed by atoms with E-state index in [2.05, 4.69) is 17.6 Å². The van der Waals surface area contributed by atoms with E-state index in [9.17, 15) is 14.4 Å². The quantitative estimate of drug-likeness (QED) is 0.720. The summed E-state index contributed by atoms with van der Waals surface area (Å²) in [6.07, 6.45) is 4.35. The van der Waals surface area contributed by atoms with Crippen molar-refractivity contribution in [3.8, 4) is 5.75 Å². The van der Waals surface area contributed by atoms with Crippen molar-refractivity contribution in [3.05, 3.63) is 29.8 Å². The molecular weight excluding hydrogens is 336 g/mol. The second kappa shape index (κ2) is 9.79. The zero-order valence-electron chi connectivity index (χ0n) is 15.2. The smallest absolute Gasteiger partial charge is 0.325 e. The largest absolute Gasteiger partial charge is 0.497 e. The number of carbonyl (C=O) groups excluding carboxylic acids is 3. The van der Waals surface area contributed by atoms with Crippen LogP contribution >= 0.6 is 0 Å². The third-order valence-electron chi connectivity index (χ3n) is 4.57. The standard InChI is InChI=1S/C19H26N2O5/c1-13-5-3-4-6-16(13)21-17(22)12-26-18(23)11-20-19(24)14-7-9-15(25-2)10-8-14/h7-10,13,16H,3-6,11-12H2,1-2H3,(H,20,24)(H,21,22)/t13-,16-/m1/s1. The maximum Gasteiger partial charge on any atom is 0.325 e. The number of hydrogen-bond donors (Lipinski definition) is 2. The predicted octanol–water partition coefficient (Wildman–Crippen LogP) is 1.66. The molecule has 1 aromatic rings. The Morgan fingerprint density at radius 1 is 1.12 bits per heavy atom. The van der Waals surface area contributed by atoms with Crippen LogP contribution in [0.25, 0.3) is 0 Å². The highest BCUT2D eigenvalue weighted by Crippen LogP contribution is 2.23. The fourth-order valence-corrected chi connectivity index (χ4v) is 2.97. The first kappa shape index (κ1) is 19.8. The van der Waals surface area contributed by atoms with E-state index in [-0.39, 0.29) is 25.1 Å². The van der Waals surface area contributed by atoms with Crippen LogP contribution in [0.4, 0.5) is 0 Å². The van der Waals surface area contributed by atoms with Gasteiger partial charge >= 0.3 is 5.97 Å². The van der Waals surface area contributed by atoms with Crippen LogP contribution in [-0.2, 0) is 14.3 Å². The van der Waals surface area contributed by atoms with Crippen molar-refractivity contribution < 1.29 is 23.9 Å². The van der Waals surface area contributed by atoms with E-state index >= 15 is 0 Å². The molecule has 0 heterocycles. The lowest BCUT2D eigenvalue weighted by atomic mass is 9.86. The van der Waals surface area contributed by atoms with Gasteiger partial charge in [0.2, 0.25) is 0 Å². The molecule has 0 saturated heterocycles. The molecule has 2 amide bonds. The Morgan fingerprint density at radius 3 is 2.46 bits per heavy atom. The number of methoxy groups -OCH3 is 1. The van der Waals surface area contributed by atoms with Crippen LogP contribution in [0.3, 0.4) is 0 Å². The molecule has 2 rings (SSSR count). The van der Waals surface area contributed by atoms with Crippen LogP contribution in [0.2, 0.25) is 0 Å². The van der Waals surface area contributed by atoms with Crippen LogP contribution in [0.1, 0.15) is 43.0 Å². The van der Waals surface area contributed by atoms with Crippen molar-refractivity contribution in [2.45, 2.75) is 38.6 Å². The molecule has 0 radical (unpaired) electrons. The lowest BCUT2D eigenvalue weighted by molar-refractivity contribution is -0.147. The van der Waals surface area contributed by atoms with Gasteiger partial charge in [-0.1, -0.05) is 19.8 Å². The molecule has 1 aliphatic carbocycles. The van der Waals surface area contributed by atoms with Crippen molar-refractivity contribution >= 4 is 17.8 Å². The number of benzene rings is 1. The topological polar surface area (TPSA) is 93.7 Å². The lowest BCUT2D eigenvalue weighted by Crippen LogP contribution is -2.43. The number of nitrogens with one attached hydrogen (secondary N) is 2. The molecule has 0 spiro atoms. The highest BCUT2D eigenvalue weighted by atomic mass is 16.5. The third kappa shape index (κ3) is 6.06. The van der Waals surface area contributed by atoms with Gasteiger partial charge in [0.1, 0.15) is 12.3 Å². The Balaban J connectivity index is 1.67. The molecule has 2 atom stereocenters. The summed E-state index contributed by atoms with van der Waals surface area (Å²) < 4.78 is 9.94. The average molecular weight is 362 g/mol. The molecule has 1 saturated carbocycles. The molecule has 142 valence electrons. The molecule has 1 aliphatic rings. The van der Waals surface area contributed by atoms with Crippen molar-refractivity contribution in [1.29, 1.82) is 0 Å². The first-order valence-corrected chi connectivity index (χ1v) is 8.87. The molecule has 1 aromatic carbocycles. The van der Waals surface area contributed by atoms with E-state index in [0.717, 1.165) is 19.3 Å². The molecule has 1 fully saturated rings. The maximum absolute atomic E-state index is 11.9. The lowest BCUT2D eigenvalue weighted by Gasteiger charge is -2.29. The molecule has 26 heavy (non-hydrogen) atoms. The van der Waals surface area contributed by atoms with Gasteiger partial charge in [0.05, 0.1) is 7.11 Å². The number of esters is 1. The predicted molar refractivity (Wildman–Crippen MR) is 95.8 cm³/mol. The van der Waals surface area contributed by atoms with E-state index in [0.29, 0.717) is 17.2 Å². The first-order chi connectivity index (χ1) is 12.5. The number of hydrogen-bond acceptors (Lipinski definition) is 5. The number of rotatable bonds is 7. The SMILES string of the molecule is COc1ccc(C(=O)NCC(=O)OCC(=O)N[C@@H]2CCCC[C@H]2C)cc1. The van der Waals surface area contributed by atoms with E-state index in [1.807, 2.05) is 0 Å². The summed E-state index contributed by atoms with van der Waals surface area (Å²) >= 11 is 0. The minimum Gasteiger partial charge on any atom is -0.497 e. The molecule has 0 aromatic heterocycles. The molecule has 7 nitrogen and oxygen atoms in total. The summed E-state index contributed by atoms with van der Waals surface area (Å²) in [6.45, 7) is 1.49. The van der Waals surface area contributed by atoms with Gasteiger partial charge in [-0.3, -0.25) is 14.4 Å². The van der Waals surface area contributed by atoms with Crippen LogP contribution in [0, 0.1) is 5.92 Å². The number of ether oxygens (including phenoxy) is 2. The van der Waals surface area contributed by atoms with Crippen LogP contribution in [0.15, 0.2) is 24.3 Å². The van der Waals surface area contributed by atoms with Crippen LogP contribution in [0.5, 0.6) is 5.75 Å². The van der Waals surface area contributed by atoms with Gasteiger partial charge in [0.15, 0.2) is 6.61 Å². The van der Waals surface area contributed by atoms with Gasteiger partial charge in [-0.05, 0) is 43.0 Å². The Morgan fingerprint density at radius 2 is 1.81 bits per heavy atom. The highest BCUT2D eigenvalue weighted by Gasteiger charge is 2.23. The van der Waals surface area contributed by atoms with Gasteiger partial charge in [0.25, 0.3) is 11.8 Å². The van der Waals surface area contributed by atoms with Crippen LogP contribution in [-0.4, -0.2) is 44.1 Å². The average Bonchev–Trinajstić information content (AvgIpc) is 2.66. The summed E-state index contributed by atoms with van der Waals surface area (Å²) in [5, 5.41) is 5.37. The van der Waals surface area contributed by atoms with Crippen molar-refractivity contribution in [2.24, 2.45) is 5.92 Å². The summed E-state index contributed by atoms with van der Waals surface area (Å²) in [5.74, 6) is -0.284.